The number of aryl methyl sites for hydroxylation is 4. The van der Waals surface area contributed by atoms with Gasteiger partial charge in [0.15, 0.2) is 0 Å². The molecule has 2 nitrogen and oxygen atoms in total. The Labute approximate surface area is 411 Å². The summed E-state index contributed by atoms with van der Waals surface area (Å²) in [6, 6.07) is 39.9. The molecule has 0 saturated carbocycles. The van der Waals surface area contributed by atoms with Gasteiger partial charge in [-0.2, -0.15) is 0 Å². The van der Waals surface area contributed by atoms with Crippen molar-refractivity contribution in [1.82, 2.24) is 0 Å². The van der Waals surface area contributed by atoms with Crippen LogP contribution in [-0.4, -0.2) is 0 Å². The van der Waals surface area contributed by atoms with Gasteiger partial charge in [0, 0.05) is 22.7 Å². The molecule has 0 unspecified atom stereocenters. The molecule has 0 saturated heterocycles. The fourth-order valence-electron chi connectivity index (χ4n) is 11.7. The molecule has 0 radical (unpaired) electrons. The third-order valence-electron chi connectivity index (χ3n) is 15.7. The van der Waals surface area contributed by atoms with Crippen LogP contribution in [0.4, 0.5) is 34.1 Å². The molecule has 0 fully saturated rings. The topological polar surface area (TPSA) is 6.48 Å². The fraction of sp³-hybridized carbons (Fsp3) is 0.364. The monoisotopic (exact) mass is 899 g/mol. The molecule has 6 aromatic carbocycles. The number of rotatable bonds is 10. The summed E-state index contributed by atoms with van der Waals surface area (Å²) >= 11 is 0. The Morgan fingerprint density at radius 2 is 0.956 bits per heavy atom. The van der Waals surface area contributed by atoms with E-state index in [1.54, 1.807) is 0 Å². The maximum atomic E-state index is 3.88. The minimum atomic E-state index is -0.159. The van der Waals surface area contributed by atoms with Gasteiger partial charge in [0.05, 0.1) is 11.4 Å². The van der Waals surface area contributed by atoms with Crippen LogP contribution in [0.2, 0.25) is 0 Å². The lowest BCUT2D eigenvalue weighted by Gasteiger charge is -2.43. The quantitative estimate of drug-likeness (QED) is 0.126. The SMILES string of the molecule is C=C/C=C\C=Cc1ccc(C)c(N(c2ccc(-c3ccccc3)cc2C)c2cc(C(C)(C)C)cc(N(c3cc4c(cc3C)C(C)(C)CCC4(C)C)c3cc4c(cc3C)C(C)(C)CC4(C)C)c2C)c1. The predicted octanol–water partition coefficient (Wildman–Crippen LogP) is 19.2. The van der Waals surface area contributed by atoms with Crippen LogP contribution >= 0.6 is 0 Å². The average Bonchev–Trinajstić information content (AvgIpc) is 3.45. The van der Waals surface area contributed by atoms with Gasteiger partial charge in [-0.25, -0.2) is 0 Å². The molecule has 0 aromatic heterocycles. The van der Waals surface area contributed by atoms with E-state index in [9.17, 15) is 0 Å². The van der Waals surface area contributed by atoms with Gasteiger partial charge in [-0.3, -0.25) is 0 Å². The van der Waals surface area contributed by atoms with Crippen molar-refractivity contribution in [3.8, 4) is 11.1 Å². The fourth-order valence-corrected chi connectivity index (χ4v) is 11.7. The number of allylic oxidation sites excluding steroid dienone is 4. The Balaban J connectivity index is 1.48. The first-order valence-corrected chi connectivity index (χ1v) is 25.1. The standard InChI is InChI=1S/C66H78N2/c1-18-19-20-22-25-48-29-28-43(2)57(37-48)67(56-31-30-50(34-44(56)3)49-26-23-21-24-27-49)60-38-51(62(7,8)9)39-61(47(60)6)68(59-41-55-53(36-46(59)5)65(14,15)42-66(55,16)17)58-40-54-52(35-45(58)4)63(10,11)32-33-64(54,12)13/h18-31,34-41H,1,32-33,42H2,2-17H3/b20-19-,25-22?. The van der Waals surface area contributed by atoms with Gasteiger partial charge in [-0.1, -0.05) is 174 Å². The lowest BCUT2D eigenvalue weighted by atomic mass is 9.63. The molecule has 0 spiro atoms. The second kappa shape index (κ2) is 17.6. The lowest BCUT2D eigenvalue weighted by Crippen LogP contribution is -2.34. The van der Waals surface area contributed by atoms with Gasteiger partial charge < -0.3 is 9.80 Å². The molecular weight excluding hydrogens is 821 g/mol. The van der Waals surface area contributed by atoms with Crippen molar-refractivity contribution in [3.05, 3.63) is 195 Å². The predicted molar refractivity (Wildman–Crippen MR) is 298 cm³/mol. The third-order valence-corrected chi connectivity index (χ3v) is 15.7. The zero-order valence-electron chi connectivity index (χ0n) is 44.4. The van der Waals surface area contributed by atoms with E-state index in [0.29, 0.717) is 0 Å². The number of hydrogen-bond donors (Lipinski definition) is 0. The maximum absolute atomic E-state index is 3.88. The van der Waals surface area contributed by atoms with E-state index in [-0.39, 0.29) is 27.1 Å². The summed E-state index contributed by atoms with van der Waals surface area (Å²) in [5.74, 6) is 0. The summed E-state index contributed by atoms with van der Waals surface area (Å²) in [4.78, 5) is 5.25. The number of fused-ring (bicyclic) bond motifs is 2. The Hall–Kier alpha value is -5.86. The Kier molecular flexibility index (Phi) is 12.6. The maximum Gasteiger partial charge on any atom is 0.0514 e. The molecule has 0 atom stereocenters. The molecule has 68 heavy (non-hydrogen) atoms. The average molecular weight is 899 g/mol. The summed E-state index contributed by atoms with van der Waals surface area (Å²) in [5, 5.41) is 0. The van der Waals surface area contributed by atoms with E-state index in [2.05, 4.69) is 242 Å². The van der Waals surface area contributed by atoms with Crippen LogP contribution in [0.1, 0.15) is 157 Å². The van der Waals surface area contributed by atoms with Crippen LogP contribution in [-0.2, 0) is 27.1 Å². The molecule has 0 amide bonds. The highest BCUT2D eigenvalue weighted by atomic mass is 15.2. The van der Waals surface area contributed by atoms with E-state index in [1.807, 2.05) is 18.2 Å². The molecule has 0 N–H and O–H groups in total. The summed E-state index contributed by atoms with van der Waals surface area (Å²) in [5.41, 5.74) is 24.4. The van der Waals surface area contributed by atoms with Crippen LogP contribution < -0.4 is 9.80 Å². The first kappa shape index (κ1) is 48.6. The normalized spacial score (nSPS) is 16.8. The van der Waals surface area contributed by atoms with Crippen molar-refractivity contribution in [2.45, 2.75) is 157 Å². The smallest absolute Gasteiger partial charge is 0.0514 e. The van der Waals surface area contributed by atoms with Crippen molar-refractivity contribution >= 4 is 40.2 Å². The Morgan fingerprint density at radius 1 is 0.456 bits per heavy atom. The molecule has 8 rings (SSSR count). The van der Waals surface area contributed by atoms with Crippen molar-refractivity contribution in [1.29, 1.82) is 0 Å². The van der Waals surface area contributed by atoms with Gasteiger partial charge in [0.25, 0.3) is 0 Å². The molecule has 0 bridgehead atoms. The van der Waals surface area contributed by atoms with E-state index < -0.39 is 0 Å². The van der Waals surface area contributed by atoms with Crippen LogP contribution in [0.25, 0.3) is 17.2 Å². The second-order valence-electron chi connectivity index (χ2n) is 24.0. The number of benzene rings is 6. The summed E-state index contributed by atoms with van der Waals surface area (Å²) in [6.07, 6.45) is 13.6. The third kappa shape index (κ3) is 8.97. The van der Waals surface area contributed by atoms with Crippen LogP contribution in [0, 0.1) is 34.6 Å². The number of hydrogen-bond acceptors (Lipinski definition) is 2. The molecule has 352 valence electrons. The highest BCUT2D eigenvalue weighted by Gasteiger charge is 2.43. The van der Waals surface area contributed by atoms with E-state index in [1.165, 1.54) is 102 Å². The highest BCUT2D eigenvalue weighted by molar-refractivity contribution is 5.91. The summed E-state index contributed by atoms with van der Waals surface area (Å²) in [6.45, 7) is 42.2. The van der Waals surface area contributed by atoms with Crippen molar-refractivity contribution in [2.24, 2.45) is 0 Å². The van der Waals surface area contributed by atoms with E-state index in [4.69, 9.17) is 0 Å². The van der Waals surface area contributed by atoms with E-state index in [0.717, 1.165) is 24.1 Å². The van der Waals surface area contributed by atoms with Gasteiger partial charge in [-0.05, 0) is 196 Å². The Morgan fingerprint density at radius 3 is 1.50 bits per heavy atom. The molecule has 2 aliphatic carbocycles. The van der Waals surface area contributed by atoms with Crippen LogP contribution in [0.3, 0.4) is 0 Å². The van der Waals surface area contributed by atoms with Gasteiger partial charge >= 0.3 is 0 Å². The van der Waals surface area contributed by atoms with Crippen molar-refractivity contribution in [2.75, 3.05) is 9.80 Å². The minimum Gasteiger partial charge on any atom is -0.310 e. The number of nitrogens with zero attached hydrogens (tertiary/aromatic N) is 2. The van der Waals surface area contributed by atoms with Crippen molar-refractivity contribution < 1.29 is 0 Å². The number of anilines is 6. The van der Waals surface area contributed by atoms with Crippen LogP contribution in [0.15, 0.2) is 134 Å². The van der Waals surface area contributed by atoms with E-state index >= 15 is 0 Å². The van der Waals surface area contributed by atoms with Gasteiger partial charge in [-0.15, -0.1) is 0 Å². The second-order valence-corrected chi connectivity index (χ2v) is 24.0. The minimum absolute atomic E-state index is 0.0377. The molecule has 2 aliphatic rings. The molecule has 6 aromatic rings. The molecule has 0 aliphatic heterocycles. The summed E-state index contributed by atoms with van der Waals surface area (Å²) < 4.78 is 0. The lowest BCUT2D eigenvalue weighted by molar-refractivity contribution is 0.332. The first-order chi connectivity index (χ1) is 31.8. The molecular formula is C66H78N2. The van der Waals surface area contributed by atoms with Crippen LogP contribution in [0.5, 0.6) is 0 Å². The molecule has 0 heterocycles. The van der Waals surface area contributed by atoms with Gasteiger partial charge in [0.2, 0.25) is 0 Å². The van der Waals surface area contributed by atoms with Gasteiger partial charge in [0.1, 0.15) is 0 Å². The summed E-state index contributed by atoms with van der Waals surface area (Å²) in [7, 11) is 0. The Bertz CT molecular complexity index is 2980. The largest absolute Gasteiger partial charge is 0.310 e. The zero-order chi connectivity index (χ0) is 49.3. The first-order valence-electron chi connectivity index (χ1n) is 25.1. The molecule has 2 heteroatoms. The van der Waals surface area contributed by atoms with Crippen molar-refractivity contribution in [3.63, 3.8) is 0 Å². The highest BCUT2D eigenvalue weighted by Crippen LogP contribution is 2.55. The zero-order valence-corrected chi connectivity index (χ0v) is 44.4.